The molecule has 0 radical (unpaired) electrons. The Hall–Kier alpha value is -2.07. The zero-order valence-corrected chi connectivity index (χ0v) is 12.1. The second kappa shape index (κ2) is 9.77. The van der Waals surface area contributed by atoms with E-state index in [1.807, 2.05) is 6.07 Å². The van der Waals surface area contributed by atoms with Gasteiger partial charge in [0, 0.05) is 45.3 Å². The van der Waals surface area contributed by atoms with Gasteiger partial charge in [-0.3, -0.25) is 9.59 Å². The number of unbranched alkanes of at least 4 members (excludes halogenated alkanes) is 2. The molecule has 1 fully saturated rings. The zero-order valence-electron chi connectivity index (χ0n) is 12.1. The molecule has 1 rings (SSSR count). The number of carboxylic acids is 1. The maximum atomic E-state index is 12.1. The molecule has 21 heavy (non-hydrogen) atoms. The summed E-state index contributed by atoms with van der Waals surface area (Å²) >= 11 is 0. The number of carbonyl (C=O) groups excluding carboxylic acids is 1. The summed E-state index contributed by atoms with van der Waals surface area (Å²) in [6, 6.07) is 1.93. The molecule has 7 heteroatoms. The van der Waals surface area contributed by atoms with Crippen LogP contribution in [0.3, 0.4) is 0 Å². The van der Waals surface area contributed by atoms with Gasteiger partial charge in [-0.2, -0.15) is 5.26 Å². The summed E-state index contributed by atoms with van der Waals surface area (Å²) in [5, 5.41) is 23.6. The van der Waals surface area contributed by atoms with Crippen molar-refractivity contribution in [1.82, 2.24) is 15.5 Å². The molecule has 1 heterocycles. The lowest BCUT2D eigenvalue weighted by Gasteiger charge is -2.27. The Morgan fingerprint density at radius 2 is 2.00 bits per heavy atom. The molecule has 0 atom stereocenters. The van der Waals surface area contributed by atoms with Crippen molar-refractivity contribution in [2.24, 2.45) is 0 Å². The minimum absolute atomic E-state index is 0.113. The average molecular weight is 294 g/mol. The maximum Gasteiger partial charge on any atom is 0.303 e. The molecule has 0 aromatic rings. The first-order chi connectivity index (χ1) is 10.1. The van der Waals surface area contributed by atoms with Crippen LogP contribution in [0.2, 0.25) is 0 Å². The molecular weight excluding hydrogens is 272 g/mol. The van der Waals surface area contributed by atoms with Crippen LogP contribution >= 0.6 is 0 Å². The number of nitrogens with one attached hydrogen (secondary N) is 2. The van der Waals surface area contributed by atoms with E-state index < -0.39 is 5.97 Å². The van der Waals surface area contributed by atoms with Crippen LogP contribution in [0.4, 0.5) is 0 Å². The Kier molecular flexibility index (Phi) is 7.90. The number of nitrogens with zero attached hydrogens (tertiary/aromatic N) is 2. The largest absolute Gasteiger partial charge is 0.481 e. The predicted octanol–water partition coefficient (Wildman–Crippen LogP) is 0.0603. The van der Waals surface area contributed by atoms with Gasteiger partial charge in [0.15, 0.2) is 0 Å². The molecule has 0 saturated carbocycles. The Bertz CT molecular complexity index is 422. The summed E-state index contributed by atoms with van der Waals surface area (Å²) in [6.45, 7) is 3.36. The summed E-state index contributed by atoms with van der Waals surface area (Å²) in [4.78, 5) is 24.1. The van der Waals surface area contributed by atoms with Gasteiger partial charge in [-0.25, -0.2) is 0 Å². The molecule has 0 bridgehead atoms. The molecule has 0 unspecified atom stereocenters. The molecule has 0 aromatic heterocycles. The Labute approximate surface area is 124 Å². The zero-order chi connectivity index (χ0) is 15.5. The quantitative estimate of drug-likeness (QED) is 0.332. The van der Waals surface area contributed by atoms with Gasteiger partial charge in [0.2, 0.25) is 0 Å². The van der Waals surface area contributed by atoms with Gasteiger partial charge in [-0.05, 0) is 12.8 Å². The molecule has 1 aliphatic rings. The lowest BCUT2D eigenvalue weighted by atomic mass is 10.2. The summed E-state index contributed by atoms with van der Waals surface area (Å²) in [5.41, 5.74) is 0.113. The van der Waals surface area contributed by atoms with E-state index >= 15 is 0 Å². The van der Waals surface area contributed by atoms with Crippen molar-refractivity contribution in [3.05, 3.63) is 11.8 Å². The van der Waals surface area contributed by atoms with Gasteiger partial charge in [0.25, 0.3) is 5.91 Å². The van der Waals surface area contributed by atoms with Crippen molar-refractivity contribution in [3.63, 3.8) is 0 Å². The maximum absolute atomic E-state index is 12.1. The van der Waals surface area contributed by atoms with Crippen molar-refractivity contribution in [2.75, 3.05) is 32.7 Å². The Balaban J connectivity index is 2.26. The average Bonchev–Trinajstić information content (AvgIpc) is 2.50. The molecule has 1 aliphatic heterocycles. The van der Waals surface area contributed by atoms with Crippen molar-refractivity contribution >= 4 is 11.9 Å². The summed E-state index contributed by atoms with van der Waals surface area (Å²) in [6.07, 6.45) is 3.90. The Morgan fingerprint density at radius 1 is 1.29 bits per heavy atom. The van der Waals surface area contributed by atoms with Crippen molar-refractivity contribution < 1.29 is 14.7 Å². The van der Waals surface area contributed by atoms with Crippen LogP contribution < -0.4 is 10.6 Å². The minimum atomic E-state index is -0.781. The van der Waals surface area contributed by atoms with Crippen LogP contribution in [0, 0.1) is 11.3 Å². The molecular formula is C14H22N4O3. The number of hydrogen-bond acceptors (Lipinski definition) is 5. The van der Waals surface area contributed by atoms with E-state index in [1.54, 1.807) is 4.90 Å². The fourth-order valence-electron chi connectivity index (χ4n) is 2.03. The summed E-state index contributed by atoms with van der Waals surface area (Å²) in [5.74, 6) is -1.02. The van der Waals surface area contributed by atoms with Gasteiger partial charge in [-0.1, -0.05) is 6.42 Å². The van der Waals surface area contributed by atoms with Gasteiger partial charge >= 0.3 is 5.97 Å². The van der Waals surface area contributed by atoms with E-state index in [1.165, 1.54) is 6.20 Å². The molecule has 0 spiro atoms. The first kappa shape index (κ1) is 17.0. The number of nitriles is 1. The van der Waals surface area contributed by atoms with Crippen LogP contribution in [0.1, 0.15) is 25.7 Å². The van der Waals surface area contributed by atoms with Gasteiger partial charge in [0.05, 0.1) is 0 Å². The van der Waals surface area contributed by atoms with E-state index in [0.29, 0.717) is 26.1 Å². The third-order valence-electron chi connectivity index (χ3n) is 3.21. The van der Waals surface area contributed by atoms with Crippen molar-refractivity contribution in [3.8, 4) is 6.07 Å². The highest BCUT2D eigenvalue weighted by molar-refractivity contribution is 5.97. The number of carbonyl (C=O) groups is 2. The molecule has 1 saturated heterocycles. The summed E-state index contributed by atoms with van der Waals surface area (Å²) in [7, 11) is 0. The molecule has 0 aromatic carbocycles. The third-order valence-corrected chi connectivity index (χ3v) is 3.21. The molecule has 3 N–H and O–H groups in total. The highest BCUT2D eigenvalue weighted by Gasteiger charge is 2.19. The summed E-state index contributed by atoms with van der Waals surface area (Å²) < 4.78 is 0. The van der Waals surface area contributed by atoms with E-state index in [4.69, 9.17) is 10.4 Å². The lowest BCUT2D eigenvalue weighted by Crippen LogP contribution is -2.46. The first-order valence-electron chi connectivity index (χ1n) is 7.20. The van der Waals surface area contributed by atoms with Gasteiger partial charge < -0.3 is 20.6 Å². The van der Waals surface area contributed by atoms with Crippen LogP contribution in [0.25, 0.3) is 0 Å². The number of aliphatic carboxylic acids is 1. The topological polar surface area (TPSA) is 105 Å². The lowest BCUT2D eigenvalue weighted by molar-refractivity contribution is -0.137. The van der Waals surface area contributed by atoms with Gasteiger partial charge in [0.1, 0.15) is 11.6 Å². The normalized spacial score (nSPS) is 15.4. The predicted molar refractivity (Wildman–Crippen MR) is 77.3 cm³/mol. The van der Waals surface area contributed by atoms with Gasteiger partial charge in [-0.15, -0.1) is 0 Å². The molecule has 1 amide bonds. The highest BCUT2D eigenvalue weighted by atomic mass is 16.4. The highest BCUT2D eigenvalue weighted by Crippen LogP contribution is 2.03. The number of piperazine rings is 1. The van der Waals surface area contributed by atoms with Crippen LogP contribution in [0.15, 0.2) is 11.8 Å². The minimum Gasteiger partial charge on any atom is -0.481 e. The second-order valence-electron chi connectivity index (χ2n) is 4.87. The van der Waals surface area contributed by atoms with E-state index in [9.17, 15) is 9.59 Å². The van der Waals surface area contributed by atoms with Crippen molar-refractivity contribution in [1.29, 1.82) is 5.26 Å². The number of rotatable bonds is 8. The standard InChI is InChI=1S/C14H22N4O3/c15-10-12(14(21)18-8-6-16-7-9-18)11-17-5-3-1-2-4-13(19)20/h11,16-17H,1-9H2,(H,19,20)/b12-11-. The van der Waals surface area contributed by atoms with E-state index in [2.05, 4.69) is 10.6 Å². The molecule has 7 nitrogen and oxygen atoms in total. The fourth-order valence-corrected chi connectivity index (χ4v) is 2.03. The number of hydrogen-bond donors (Lipinski definition) is 3. The first-order valence-corrected chi connectivity index (χ1v) is 7.20. The smallest absolute Gasteiger partial charge is 0.303 e. The third kappa shape index (κ3) is 6.77. The second-order valence-corrected chi connectivity index (χ2v) is 4.87. The van der Waals surface area contributed by atoms with Crippen molar-refractivity contribution in [2.45, 2.75) is 25.7 Å². The SMILES string of the molecule is N#C/C(=C/NCCCCCC(=O)O)C(=O)N1CCNCC1. The molecule has 116 valence electrons. The van der Waals surface area contributed by atoms with Crippen LogP contribution in [-0.2, 0) is 9.59 Å². The van der Waals surface area contributed by atoms with Crippen LogP contribution in [0.5, 0.6) is 0 Å². The Morgan fingerprint density at radius 3 is 2.62 bits per heavy atom. The van der Waals surface area contributed by atoms with E-state index in [-0.39, 0.29) is 17.9 Å². The van der Waals surface area contributed by atoms with Crippen LogP contribution in [-0.4, -0.2) is 54.6 Å². The number of amides is 1. The fraction of sp³-hybridized carbons (Fsp3) is 0.643. The monoisotopic (exact) mass is 294 g/mol. The number of carboxylic acid groups (broad SMARTS) is 1. The molecule has 0 aliphatic carbocycles. The van der Waals surface area contributed by atoms with E-state index in [0.717, 1.165) is 25.9 Å².